The minimum Gasteiger partial charge on any atom is -0.417 e. The fourth-order valence-corrected chi connectivity index (χ4v) is 3.04. The van der Waals surface area contributed by atoms with Crippen molar-refractivity contribution >= 4 is 19.9 Å². The van der Waals surface area contributed by atoms with Crippen LogP contribution < -0.4 is 0 Å². The van der Waals surface area contributed by atoms with Crippen LogP contribution in [0, 0.1) is 0 Å². The smallest absolute Gasteiger partial charge is 0.191 e. The Morgan fingerprint density at radius 3 is 2.29 bits per heavy atom. The van der Waals surface area contributed by atoms with Crippen LogP contribution in [-0.4, -0.2) is 31.2 Å². The van der Waals surface area contributed by atoms with E-state index in [4.69, 9.17) is 16.0 Å². The maximum Gasteiger partial charge on any atom is 0.191 e. The van der Waals surface area contributed by atoms with Gasteiger partial charge in [0.05, 0.1) is 6.10 Å². The highest BCUT2D eigenvalue weighted by molar-refractivity contribution is 6.74. The summed E-state index contributed by atoms with van der Waals surface area (Å²) in [7, 11) is -1.82. The van der Waals surface area contributed by atoms with E-state index < -0.39 is 20.5 Å². The average molecular weight is 331 g/mol. The fourth-order valence-electron chi connectivity index (χ4n) is 1.73. The van der Waals surface area contributed by atoms with Crippen molar-refractivity contribution < 1.29 is 14.6 Å². The van der Waals surface area contributed by atoms with Crippen LogP contribution >= 0.6 is 11.6 Å². The zero-order valence-electron chi connectivity index (χ0n) is 13.6. The van der Waals surface area contributed by atoms with Crippen molar-refractivity contribution in [2.24, 2.45) is 0 Å². The van der Waals surface area contributed by atoms with E-state index in [1.54, 1.807) is 24.3 Å². The number of benzene rings is 1. The Morgan fingerprint density at radius 2 is 1.76 bits per heavy atom. The number of rotatable bonds is 6. The summed E-state index contributed by atoms with van der Waals surface area (Å²) in [5.74, 6) is 0. The molecule has 0 saturated carbocycles. The second kappa shape index (κ2) is 7.25. The van der Waals surface area contributed by atoms with Gasteiger partial charge in [0.1, 0.15) is 6.10 Å². The van der Waals surface area contributed by atoms with Crippen LogP contribution in [0.1, 0.15) is 38.9 Å². The molecule has 0 spiro atoms. The van der Waals surface area contributed by atoms with Gasteiger partial charge in [-0.25, -0.2) is 0 Å². The van der Waals surface area contributed by atoms with Crippen molar-refractivity contribution in [1.29, 1.82) is 0 Å². The van der Waals surface area contributed by atoms with E-state index in [0.29, 0.717) is 23.6 Å². The summed E-state index contributed by atoms with van der Waals surface area (Å²) in [6.45, 7) is 11.3. The van der Waals surface area contributed by atoms with Crippen molar-refractivity contribution in [3.8, 4) is 0 Å². The average Bonchev–Trinajstić information content (AvgIpc) is 2.36. The van der Waals surface area contributed by atoms with Gasteiger partial charge in [0.25, 0.3) is 0 Å². The lowest BCUT2D eigenvalue weighted by Gasteiger charge is -2.36. The number of hydrogen-bond acceptors (Lipinski definition) is 3. The molecule has 0 aliphatic rings. The highest BCUT2D eigenvalue weighted by atomic mass is 35.5. The molecular weight excluding hydrogens is 304 g/mol. The van der Waals surface area contributed by atoms with Gasteiger partial charge in [0, 0.05) is 17.2 Å². The van der Waals surface area contributed by atoms with Crippen LogP contribution in [0.3, 0.4) is 0 Å². The van der Waals surface area contributed by atoms with E-state index in [0.717, 1.165) is 0 Å². The maximum absolute atomic E-state index is 10.2. The summed E-state index contributed by atoms with van der Waals surface area (Å²) >= 11 is 6.03. The third-order valence-electron chi connectivity index (χ3n) is 4.27. The van der Waals surface area contributed by atoms with Gasteiger partial charge in [-0.05, 0) is 30.6 Å². The highest BCUT2D eigenvalue weighted by Gasteiger charge is 2.37. The SMILES string of the molecule is CC(C)(C)[Si](C)(C)OCCC(O)[C@H](O)c1ccccc1Cl. The van der Waals surface area contributed by atoms with Gasteiger partial charge in [-0.3, -0.25) is 0 Å². The summed E-state index contributed by atoms with van der Waals surface area (Å²) in [5, 5.41) is 20.9. The molecule has 0 bridgehead atoms. The molecule has 0 aliphatic carbocycles. The van der Waals surface area contributed by atoms with Crippen LogP contribution in [0.2, 0.25) is 23.2 Å². The Labute approximate surface area is 134 Å². The third-order valence-corrected chi connectivity index (χ3v) is 9.15. The number of halogens is 1. The van der Waals surface area contributed by atoms with Gasteiger partial charge in [0.2, 0.25) is 0 Å². The second-order valence-electron chi connectivity index (χ2n) is 6.93. The number of aliphatic hydroxyl groups excluding tert-OH is 2. The van der Waals surface area contributed by atoms with Crippen molar-refractivity contribution in [3.63, 3.8) is 0 Å². The van der Waals surface area contributed by atoms with Crippen molar-refractivity contribution in [1.82, 2.24) is 0 Å². The fraction of sp³-hybridized carbons (Fsp3) is 0.625. The van der Waals surface area contributed by atoms with Gasteiger partial charge >= 0.3 is 0 Å². The molecule has 0 aliphatic heterocycles. The molecule has 2 N–H and O–H groups in total. The molecule has 0 aromatic heterocycles. The molecule has 0 heterocycles. The molecule has 21 heavy (non-hydrogen) atoms. The van der Waals surface area contributed by atoms with E-state index in [1.165, 1.54) is 0 Å². The number of hydrogen-bond donors (Lipinski definition) is 2. The van der Waals surface area contributed by atoms with Gasteiger partial charge in [-0.15, -0.1) is 0 Å². The molecule has 0 radical (unpaired) electrons. The van der Waals surface area contributed by atoms with Crippen LogP contribution in [0.5, 0.6) is 0 Å². The van der Waals surface area contributed by atoms with E-state index in [-0.39, 0.29) is 5.04 Å². The molecule has 1 rings (SSSR count). The topological polar surface area (TPSA) is 49.7 Å². The van der Waals surface area contributed by atoms with E-state index >= 15 is 0 Å². The van der Waals surface area contributed by atoms with Crippen molar-refractivity contribution in [2.45, 2.75) is 57.5 Å². The zero-order valence-corrected chi connectivity index (χ0v) is 15.3. The molecular formula is C16H27ClO3Si. The molecule has 1 aromatic rings. The van der Waals surface area contributed by atoms with Gasteiger partial charge in [0.15, 0.2) is 8.32 Å². The molecule has 0 fully saturated rings. The van der Waals surface area contributed by atoms with Crippen LogP contribution in [0.15, 0.2) is 24.3 Å². The normalized spacial score (nSPS) is 15.8. The largest absolute Gasteiger partial charge is 0.417 e. The van der Waals surface area contributed by atoms with Gasteiger partial charge in [-0.1, -0.05) is 50.6 Å². The molecule has 0 saturated heterocycles. The minimum absolute atomic E-state index is 0.138. The highest BCUT2D eigenvalue weighted by Crippen LogP contribution is 2.36. The molecule has 120 valence electrons. The van der Waals surface area contributed by atoms with Crippen LogP contribution in [0.4, 0.5) is 0 Å². The lowest BCUT2D eigenvalue weighted by molar-refractivity contribution is 0.00523. The van der Waals surface area contributed by atoms with Gasteiger partial charge in [-0.2, -0.15) is 0 Å². The first-order valence-electron chi connectivity index (χ1n) is 7.31. The lowest BCUT2D eigenvalue weighted by atomic mass is 10.0. The summed E-state index contributed by atoms with van der Waals surface area (Å²) in [5.41, 5.74) is 0.555. The molecule has 2 atom stereocenters. The van der Waals surface area contributed by atoms with E-state index in [1.807, 2.05) is 0 Å². The van der Waals surface area contributed by atoms with Crippen LogP contribution in [-0.2, 0) is 4.43 Å². The summed E-state index contributed by atoms with van der Waals surface area (Å²) in [4.78, 5) is 0. The molecule has 3 nitrogen and oxygen atoms in total. The Bertz CT molecular complexity index is 457. The quantitative estimate of drug-likeness (QED) is 0.770. The first kappa shape index (κ1) is 18.7. The summed E-state index contributed by atoms with van der Waals surface area (Å²) in [6.07, 6.45) is -1.48. The van der Waals surface area contributed by atoms with Crippen molar-refractivity contribution in [3.05, 3.63) is 34.9 Å². The molecule has 0 amide bonds. The zero-order chi connectivity index (χ0) is 16.3. The monoisotopic (exact) mass is 330 g/mol. The lowest BCUT2D eigenvalue weighted by Crippen LogP contribution is -2.41. The molecule has 1 aromatic carbocycles. The second-order valence-corrected chi connectivity index (χ2v) is 12.1. The Balaban J connectivity index is 2.55. The van der Waals surface area contributed by atoms with Crippen molar-refractivity contribution in [2.75, 3.05) is 6.61 Å². The molecule has 1 unspecified atom stereocenters. The number of aliphatic hydroxyl groups is 2. The first-order chi connectivity index (χ1) is 9.56. The Morgan fingerprint density at radius 1 is 1.19 bits per heavy atom. The standard InChI is InChI=1S/C16H27ClO3Si/c1-16(2,3)21(4,5)20-11-10-14(18)15(19)12-8-6-7-9-13(12)17/h6-9,14-15,18-19H,10-11H2,1-5H3/t14?,15-/m1/s1. The van der Waals surface area contributed by atoms with Crippen LogP contribution in [0.25, 0.3) is 0 Å². The summed E-state index contributed by atoms with van der Waals surface area (Å²) < 4.78 is 6.02. The minimum atomic E-state index is -1.82. The molecule has 5 heteroatoms. The maximum atomic E-state index is 10.2. The van der Waals surface area contributed by atoms with Gasteiger partial charge < -0.3 is 14.6 Å². The van der Waals surface area contributed by atoms with E-state index in [2.05, 4.69) is 33.9 Å². The predicted octanol–water partition coefficient (Wildman–Crippen LogP) is 4.15. The summed E-state index contributed by atoms with van der Waals surface area (Å²) in [6, 6.07) is 7.03. The van der Waals surface area contributed by atoms with E-state index in [9.17, 15) is 10.2 Å². The third kappa shape index (κ3) is 5.08. The first-order valence-corrected chi connectivity index (χ1v) is 10.6. The Kier molecular flexibility index (Phi) is 6.44. The predicted molar refractivity (Wildman–Crippen MR) is 90.2 cm³/mol. The Hall–Kier alpha value is -0.393.